The lowest BCUT2D eigenvalue weighted by Gasteiger charge is -2.43. The summed E-state index contributed by atoms with van der Waals surface area (Å²) in [5.74, 6) is -0.209. The van der Waals surface area contributed by atoms with E-state index in [1.807, 2.05) is 57.2 Å². The Kier molecular flexibility index (Phi) is 7.35. The van der Waals surface area contributed by atoms with Crippen LogP contribution < -0.4 is 0 Å². The third-order valence-corrected chi connectivity index (χ3v) is 6.30. The smallest absolute Gasteiger partial charge is 0.328 e. The molecular weight excluding hydrogens is 375 g/mol. The van der Waals surface area contributed by atoms with Crippen molar-refractivity contribution >= 4 is 13.4 Å². The van der Waals surface area contributed by atoms with Crippen molar-refractivity contribution in [3.8, 4) is 0 Å². The fourth-order valence-electron chi connectivity index (χ4n) is 3.60. The van der Waals surface area contributed by atoms with E-state index in [4.69, 9.17) is 4.74 Å². The number of rotatable bonds is 10. The predicted molar refractivity (Wildman–Crippen MR) is 110 cm³/mol. The largest absolute Gasteiger partial charge is 0.355 e. The summed E-state index contributed by atoms with van der Waals surface area (Å²) in [6.45, 7) is 5.52. The van der Waals surface area contributed by atoms with Gasteiger partial charge in [0, 0.05) is 5.56 Å². The van der Waals surface area contributed by atoms with Crippen LogP contribution in [0.5, 0.6) is 0 Å². The average Bonchev–Trinajstić information content (AvgIpc) is 2.71. The quantitative estimate of drug-likeness (QED) is 0.433. The maximum Gasteiger partial charge on any atom is 0.328 e. The minimum atomic E-state index is -4.35. The van der Waals surface area contributed by atoms with Crippen molar-refractivity contribution < 1.29 is 23.9 Å². The van der Waals surface area contributed by atoms with Crippen LogP contribution in [0.4, 0.5) is 0 Å². The van der Waals surface area contributed by atoms with Crippen LogP contribution in [0.3, 0.4) is 0 Å². The van der Waals surface area contributed by atoms with Crippen LogP contribution in [0, 0.1) is 0 Å². The van der Waals surface area contributed by atoms with E-state index < -0.39 is 25.0 Å². The third kappa shape index (κ3) is 4.98. The highest BCUT2D eigenvalue weighted by Gasteiger charge is 2.48. The number of ketones is 1. The Morgan fingerprint density at radius 1 is 0.893 bits per heavy atom. The molecule has 1 unspecified atom stereocenters. The molecule has 28 heavy (non-hydrogen) atoms. The van der Waals surface area contributed by atoms with Crippen molar-refractivity contribution in [1.29, 1.82) is 0 Å². The maximum absolute atomic E-state index is 13.7. The van der Waals surface area contributed by atoms with Gasteiger partial charge in [-0.1, -0.05) is 81.4 Å². The first-order chi connectivity index (χ1) is 13.2. The molecule has 152 valence electrons. The Bertz CT molecular complexity index is 811. The molecule has 0 radical (unpaired) electrons. The second kappa shape index (κ2) is 9.15. The molecule has 1 atom stereocenters. The molecule has 0 saturated carbocycles. The summed E-state index contributed by atoms with van der Waals surface area (Å²) in [5, 5.41) is 0. The van der Waals surface area contributed by atoms with E-state index in [9.17, 15) is 19.1 Å². The number of benzene rings is 2. The zero-order chi connectivity index (χ0) is 20.8. The highest BCUT2D eigenvalue weighted by Crippen LogP contribution is 2.47. The zero-order valence-corrected chi connectivity index (χ0v) is 17.6. The van der Waals surface area contributed by atoms with Gasteiger partial charge in [0.1, 0.15) is 0 Å². The topological polar surface area (TPSA) is 83.8 Å². The van der Waals surface area contributed by atoms with Gasteiger partial charge < -0.3 is 14.5 Å². The molecule has 0 amide bonds. The van der Waals surface area contributed by atoms with Gasteiger partial charge in [-0.15, -0.1) is 0 Å². The Morgan fingerprint density at radius 3 is 1.82 bits per heavy atom. The SMILES string of the molecule is CCC(CC)(CP(=O)(O)O)OC(CC)(C(=O)c1ccccc1)c1ccccc1. The molecule has 0 aliphatic carbocycles. The fraction of sp³-hybridized carbons (Fsp3) is 0.409. The van der Waals surface area contributed by atoms with Crippen molar-refractivity contribution in [2.24, 2.45) is 0 Å². The summed E-state index contributed by atoms with van der Waals surface area (Å²) in [6.07, 6.45) is 0.674. The molecule has 2 rings (SSSR count). The first kappa shape index (κ1) is 22.5. The standard InChI is InChI=1S/C22H29O5P/c1-4-21(5-2,17-28(24,25)26)27-22(6-3,19-15-11-8-12-16-19)20(23)18-13-9-7-10-14-18/h7-16H,4-6,17H2,1-3H3,(H2,24,25,26). The lowest BCUT2D eigenvalue weighted by molar-refractivity contribution is -0.135. The van der Waals surface area contributed by atoms with Crippen LogP contribution in [-0.4, -0.2) is 27.3 Å². The van der Waals surface area contributed by atoms with Crippen LogP contribution in [0.25, 0.3) is 0 Å². The second-order valence-corrected chi connectivity index (χ2v) is 8.70. The first-order valence-corrected chi connectivity index (χ1v) is 11.4. The summed E-state index contributed by atoms with van der Waals surface area (Å²) in [5.41, 5.74) is -1.26. The molecule has 0 aromatic heterocycles. The lowest BCUT2D eigenvalue weighted by Crippen LogP contribution is -2.49. The number of ether oxygens (including phenoxy) is 1. The number of carbonyl (C=O) groups excluding carboxylic acids is 1. The van der Waals surface area contributed by atoms with Crippen molar-refractivity contribution in [3.63, 3.8) is 0 Å². The van der Waals surface area contributed by atoms with Gasteiger partial charge in [-0.2, -0.15) is 0 Å². The molecule has 6 heteroatoms. The van der Waals surface area contributed by atoms with Crippen LogP contribution >= 0.6 is 7.60 Å². The normalized spacial score (nSPS) is 14.5. The number of hydrogen-bond donors (Lipinski definition) is 2. The van der Waals surface area contributed by atoms with Crippen molar-refractivity contribution in [3.05, 3.63) is 71.8 Å². The van der Waals surface area contributed by atoms with Gasteiger partial charge in [0.05, 0.1) is 11.8 Å². The molecule has 0 aliphatic heterocycles. The van der Waals surface area contributed by atoms with Crippen LogP contribution in [0.2, 0.25) is 0 Å². The van der Waals surface area contributed by atoms with Gasteiger partial charge in [0.2, 0.25) is 0 Å². The molecule has 0 spiro atoms. The Labute approximate surface area is 166 Å². The van der Waals surface area contributed by atoms with Crippen LogP contribution in [0.1, 0.15) is 56.0 Å². The van der Waals surface area contributed by atoms with Gasteiger partial charge in [0.15, 0.2) is 11.4 Å². The predicted octanol–water partition coefficient (Wildman–Crippen LogP) is 4.93. The number of carbonyl (C=O) groups is 1. The second-order valence-electron chi connectivity index (χ2n) is 7.06. The molecule has 0 fully saturated rings. The van der Waals surface area contributed by atoms with E-state index in [-0.39, 0.29) is 5.78 Å². The van der Waals surface area contributed by atoms with E-state index in [1.54, 1.807) is 24.3 Å². The summed E-state index contributed by atoms with van der Waals surface area (Å²) < 4.78 is 18.4. The highest BCUT2D eigenvalue weighted by atomic mass is 31.2. The maximum atomic E-state index is 13.7. The monoisotopic (exact) mass is 404 g/mol. The molecule has 2 aromatic carbocycles. The van der Waals surface area contributed by atoms with E-state index in [0.717, 1.165) is 0 Å². The summed E-state index contributed by atoms with van der Waals surface area (Å²) >= 11 is 0. The Hall–Kier alpha value is -1.78. The summed E-state index contributed by atoms with van der Waals surface area (Å²) in [7, 11) is -4.35. The first-order valence-electron chi connectivity index (χ1n) is 9.62. The van der Waals surface area contributed by atoms with E-state index in [0.29, 0.717) is 30.4 Å². The summed E-state index contributed by atoms with van der Waals surface area (Å²) in [6, 6.07) is 18.1. The highest BCUT2D eigenvalue weighted by molar-refractivity contribution is 7.51. The van der Waals surface area contributed by atoms with E-state index in [1.165, 1.54) is 0 Å². The molecule has 2 N–H and O–H groups in total. The Morgan fingerprint density at radius 2 is 1.39 bits per heavy atom. The van der Waals surface area contributed by atoms with Crippen molar-refractivity contribution in [2.75, 3.05) is 6.16 Å². The fourth-order valence-corrected chi connectivity index (χ4v) is 4.86. The molecule has 2 aromatic rings. The number of hydrogen-bond acceptors (Lipinski definition) is 3. The van der Waals surface area contributed by atoms with Gasteiger partial charge in [-0.05, 0) is 24.8 Å². The van der Waals surface area contributed by atoms with Gasteiger partial charge >= 0.3 is 7.60 Å². The van der Waals surface area contributed by atoms with Crippen molar-refractivity contribution in [2.45, 2.75) is 51.2 Å². The van der Waals surface area contributed by atoms with Gasteiger partial charge in [0.25, 0.3) is 0 Å². The zero-order valence-electron chi connectivity index (χ0n) is 16.7. The van der Waals surface area contributed by atoms with Gasteiger partial charge in [-0.25, -0.2) is 0 Å². The Balaban J connectivity index is 2.63. The lowest BCUT2D eigenvalue weighted by atomic mass is 9.82. The molecule has 0 heterocycles. The molecule has 0 aliphatic rings. The summed E-state index contributed by atoms with van der Waals surface area (Å²) in [4.78, 5) is 33.0. The van der Waals surface area contributed by atoms with Crippen molar-refractivity contribution in [1.82, 2.24) is 0 Å². The van der Waals surface area contributed by atoms with Gasteiger partial charge in [-0.3, -0.25) is 9.36 Å². The molecule has 0 saturated heterocycles. The molecular formula is C22H29O5P. The van der Waals surface area contributed by atoms with E-state index >= 15 is 0 Å². The third-order valence-electron chi connectivity index (χ3n) is 5.31. The molecule has 5 nitrogen and oxygen atoms in total. The number of Topliss-reactive ketones (excluding diaryl/α,β-unsaturated/α-hetero) is 1. The minimum absolute atomic E-state index is 0.209. The minimum Gasteiger partial charge on any atom is -0.355 e. The van der Waals surface area contributed by atoms with E-state index in [2.05, 4.69) is 0 Å². The molecule has 0 bridgehead atoms. The van der Waals surface area contributed by atoms with Crippen LogP contribution in [-0.2, 0) is 14.9 Å². The van der Waals surface area contributed by atoms with Crippen LogP contribution in [0.15, 0.2) is 60.7 Å². The average molecular weight is 404 g/mol.